The highest BCUT2D eigenvalue weighted by molar-refractivity contribution is 5.62. The molecule has 0 aliphatic carbocycles. The van der Waals surface area contributed by atoms with Gasteiger partial charge in [-0.3, -0.25) is 9.97 Å². The van der Waals surface area contributed by atoms with Crippen LogP contribution in [-0.4, -0.2) is 23.2 Å². The summed E-state index contributed by atoms with van der Waals surface area (Å²) < 4.78 is 16.8. The zero-order valence-electron chi connectivity index (χ0n) is 24.4. The van der Waals surface area contributed by atoms with Crippen LogP contribution >= 0.6 is 0 Å². The molecule has 5 rings (SSSR count). The third kappa shape index (κ3) is 8.46. The molecule has 0 atom stereocenters. The van der Waals surface area contributed by atoms with Crippen molar-refractivity contribution in [1.82, 2.24) is 9.97 Å². The largest absolute Gasteiger partial charge is 0.487 e. The summed E-state index contributed by atoms with van der Waals surface area (Å²) in [5.41, 5.74) is 5.93. The normalized spacial score (nSPS) is 10.9. The van der Waals surface area contributed by atoms with E-state index in [1.807, 2.05) is 49.1 Å². The molecule has 0 amide bonds. The number of hydrogen-bond acceptors (Lipinski definition) is 4. The van der Waals surface area contributed by atoms with Gasteiger partial charge in [-0.05, 0) is 71.0 Å². The second-order valence-electron chi connectivity index (χ2n) is 10.4. The number of nitrogens with zero attached hydrogens (tertiary/aromatic N) is 4. The highest BCUT2D eigenvalue weighted by Gasteiger charge is 2.10. The zero-order chi connectivity index (χ0) is 28.8. The van der Waals surface area contributed by atoms with Crippen molar-refractivity contribution in [3.8, 4) is 33.8 Å². The molecule has 0 saturated heterocycles. The smallest absolute Gasteiger partial charge is 0.182 e. The molecule has 0 bridgehead atoms. The first-order valence-electron chi connectivity index (χ1n) is 15.0. The summed E-state index contributed by atoms with van der Waals surface area (Å²) in [6.07, 6.45) is 21.6. The van der Waals surface area contributed by atoms with Gasteiger partial charge in [0.1, 0.15) is 24.7 Å². The molecule has 0 saturated carbocycles. The minimum Gasteiger partial charge on any atom is -0.487 e. The van der Waals surface area contributed by atoms with Crippen LogP contribution in [0, 0.1) is 0 Å². The Labute approximate surface area is 249 Å². The van der Waals surface area contributed by atoms with Crippen molar-refractivity contribution < 1.29 is 18.6 Å². The average Bonchev–Trinajstić information content (AvgIpc) is 3.05. The van der Waals surface area contributed by atoms with Crippen LogP contribution in [0.15, 0.2) is 116 Å². The van der Waals surface area contributed by atoms with Crippen LogP contribution < -0.4 is 18.6 Å². The highest BCUT2D eigenvalue weighted by Crippen LogP contribution is 2.27. The fourth-order valence-corrected chi connectivity index (χ4v) is 4.92. The molecule has 0 aliphatic heterocycles. The van der Waals surface area contributed by atoms with Crippen molar-refractivity contribution >= 4 is 0 Å². The van der Waals surface area contributed by atoms with Gasteiger partial charge >= 0.3 is 0 Å². The van der Waals surface area contributed by atoms with E-state index >= 15 is 0 Å². The quantitative estimate of drug-likeness (QED) is 0.106. The number of ether oxygens (including phenoxy) is 2. The average molecular weight is 561 g/mol. The first kappa shape index (κ1) is 28.9. The predicted molar refractivity (Wildman–Crippen MR) is 165 cm³/mol. The lowest BCUT2D eigenvalue weighted by Gasteiger charge is -2.13. The lowest BCUT2D eigenvalue weighted by molar-refractivity contribution is -0.697. The van der Waals surface area contributed by atoms with E-state index in [2.05, 4.69) is 93.3 Å². The first-order chi connectivity index (χ1) is 20.8. The maximum absolute atomic E-state index is 6.35. The maximum Gasteiger partial charge on any atom is 0.182 e. The van der Waals surface area contributed by atoms with Gasteiger partial charge < -0.3 is 9.47 Å². The molecule has 6 heteroatoms. The number of benzene rings is 1. The first-order valence-corrected chi connectivity index (χ1v) is 15.0. The Kier molecular flexibility index (Phi) is 10.6. The molecule has 6 nitrogen and oxygen atoms in total. The molecule has 0 N–H and O–H groups in total. The van der Waals surface area contributed by atoms with Crippen molar-refractivity contribution in [3.63, 3.8) is 0 Å². The standard InChI is InChI=1S/C36H40N4O2/c1-2-3-4-5-6-34-7-8-35(41-27-25-39-21-13-32(14-22-39)30-9-17-37-18-10-30)29-36(34)42-28-26-40-23-15-33(16-24-40)31-11-19-38-20-12-31/h7-24,29H,2-6,25-28H2,1H3/q+2. The van der Waals surface area contributed by atoms with Crippen LogP contribution in [0.1, 0.15) is 38.2 Å². The van der Waals surface area contributed by atoms with E-state index in [0.717, 1.165) is 36.6 Å². The molecule has 4 heterocycles. The second-order valence-corrected chi connectivity index (χ2v) is 10.4. The summed E-state index contributed by atoms with van der Waals surface area (Å²) in [6.45, 7) is 4.94. The van der Waals surface area contributed by atoms with Gasteiger partial charge in [-0.2, -0.15) is 0 Å². The number of pyridine rings is 4. The van der Waals surface area contributed by atoms with Gasteiger partial charge in [0, 0.05) is 55.1 Å². The lowest BCUT2D eigenvalue weighted by Crippen LogP contribution is -2.35. The Hall–Kier alpha value is -4.58. The molecular formula is C36H40N4O2+2. The van der Waals surface area contributed by atoms with Gasteiger partial charge in [-0.15, -0.1) is 0 Å². The predicted octanol–water partition coefficient (Wildman–Crippen LogP) is 6.67. The molecule has 42 heavy (non-hydrogen) atoms. The van der Waals surface area contributed by atoms with Crippen molar-refractivity contribution in [2.45, 2.75) is 52.1 Å². The van der Waals surface area contributed by atoms with E-state index in [4.69, 9.17) is 9.47 Å². The number of aromatic nitrogens is 4. The zero-order valence-corrected chi connectivity index (χ0v) is 24.4. The summed E-state index contributed by atoms with van der Waals surface area (Å²) in [6, 6.07) is 22.9. The van der Waals surface area contributed by atoms with Crippen molar-refractivity contribution in [2.75, 3.05) is 13.2 Å². The lowest BCUT2D eigenvalue weighted by atomic mass is 10.1. The Morgan fingerprint density at radius 2 is 1.10 bits per heavy atom. The number of hydrogen-bond donors (Lipinski definition) is 0. The van der Waals surface area contributed by atoms with Crippen LogP contribution in [0.3, 0.4) is 0 Å². The van der Waals surface area contributed by atoms with Crippen molar-refractivity contribution in [3.05, 3.63) is 122 Å². The van der Waals surface area contributed by atoms with Gasteiger partial charge in [0.05, 0.1) is 0 Å². The molecule has 0 fully saturated rings. The molecule has 0 spiro atoms. The fraction of sp³-hybridized carbons (Fsp3) is 0.278. The Balaban J connectivity index is 1.17. The van der Waals surface area contributed by atoms with Crippen LogP contribution in [0.25, 0.3) is 22.3 Å². The van der Waals surface area contributed by atoms with Crippen LogP contribution in [0.4, 0.5) is 0 Å². The van der Waals surface area contributed by atoms with Gasteiger partial charge in [-0.1, -0.05) is 32.3 Å². The monoisotopic (exact) mass is 560 g/mol. The molecule has 0 unspecified atom stereocenters. The van der Waals surface area contributed by atoms with E-state index in [0.29, 0.717) is 13.2 Å². The molecule has 4 aromatic heterocycles. The van der Waals surface area contributed by atoms with Gasteiger partial charge in [0.15, 0.2) is 37.9 Å². The summed E-state index contributed by atoms with van der Waals surface area (Å²) in [7, 11) is 0. The third-order valence-corrected chi connectivity index (χ3v) is 7.37. The van der Waals surface area contributed by atoms with Crippen molar-refractivity contribution in [2.24, 2.45) is 0 Å². The number of rotatable bonds is 15. The highest BCUT2D eigenvalue weighted by atomic mass is 16.5. The molecule has 214 valence electrons. The van der Waals surface area contributed by atoms with Gasteiger partial charge in [0.2, 0.25) is 0 Å². The van der Waals surface area contributed by atoms with Gasteiger partial charge in [-0.25, -0.2) is 9.13 Å². The second kappa shape index (κ2) is 15.4. The number of aryl methyl sites for hydroxylation is 1. The Morgan fingerprint density at radius 1 is 0.571 bits per heavy atom. The molecule has 0 aliphatic rings. The van der Waals surface area contributed by atoms with Crippen molar-refractivity contribution in [1.29, 1.82) is 0 Å². The summed E-state index contributed by atoms with van der Waals surface area (Å²) in [5, 5.41) is 0. The van der Waals surface area contributed by atoms with E-state index in [9.17, 15) is 0 Å². The Bertz CT molecular complexity index is 1490. The van der Waals surface area contributed by atoms with Crippen LogP contribution in [0.2, 0.25) is 0 Å². The third-order valence-electron chi connectivity index (χ3n) is 7.37. The molecule has 5 aromatic rings. The topological polar surface area (TPSA) is 52.0 Å². The summed E-state index contributed by atoms with van der Waals surface area (Å²) >= 11 is 0. The van der Waals surface area contributed by atoms with Gasteiger partial charge in [0.25, 0.3) is 0 Å². The van der Waals surface area contributed by atoms with Crippen LogP contribution in [0.5, 0.6) is 11.5 Å². The van der Waals surface area contributed by atoms with E-state index in [-0.39, 0.29) is 0 Å². The summed E-state index contributed by atoms with van der Waals surface area (Å²) in [5.74, 6) is 1.76. The molecular weight excluding hydrogens is 520 g/mol. The number of unbranched alkanes of at least 4 members (excludes halogenated alkanes) is 3. The molecule has 1 aromatic carbocycles. The van der Waals surface area contributed by atoms with E-state index in [1.165, 1.54) is 47.9 Å². The fourth-order valence-electron chi connectivity index (χ4n) is 4.92. The Morgan fingerprint density at radius 3 is 1.64 bits per heavy atom. The summed E-state index contributed by atoms with van der Waals surface area (Å²) in [4.78, 5) is 8.21. The van der Waals surface area contributed by atoms with Crippen LogP contribution in [-0.2, 0) is 19.5 Å². The minimum absolute atomic E-state index is 0.578. The minimum atomic E-state index is 0.578. The van der Waals surface area contributed by atoms with E-state index in [1.54, 1.807) is 0 Å². The van der Waals surface area contributed by atoms with E-state index < -0.39 is 0 Å². The SMILES string of the molecule is CCCCCCc1ccc(OCC[n+]2ccc(-c3ccncc3)cc2)cc1OCC[n+]1ccc(-c2ccncc2)cc1. The molecule has 0 radical (unpaired) electrons. The maximum atomic E-state index is 6.35.